The number of carbonyl (C=O) groups excluding carboxylic acids is 1. The molecular weight excluding hydrogens is 287 g/mol. The minimum absolute atomic E-state index is 0.188. The Bertz CT molecular complexity index is 591. The highest BCUT2D eigenvalue weighted by atomic mass is 35.5. The third-order valence-electron chi connectivity index (χ3n) is 2.48. The number of rotatable bonds is 3. The Labute approximate surface area is 120 Å². The zero-order valence-corrected chi connectivity index (χ0v) is 12.0. The second kappa shape index (κ2) is 5.59. The van der Waals surface area contributed by atoms with E-state index in [1.54, 1.807) is 32.2 Å². The summed E-state index contributed by atoms with van der Waals surface area (Å²) >= 11 is 11.8. The highest BCUT2D eigenvalue weighted by Gasteiger charge is 2.15. The predicted molar refractivity (Wildman–Crippen MR) is 73.4 cm³/mol. The first kappa shape index (κ1) is 13.8. The van der Waals surface area contributed by atoms with Crippen molar-refractivity contribution in [2.24, 2.45) is 0 Å². The van der Waals surface area contributed by atoms with Gasteiger partial charge in [0, 0.05) is 22.7 Å². The van der Waals surface area contributed by atoms with Crippen LogP contribution in [-0.4, -0.2) is 33.0 Å². The zero-order valence-electron chi connectivity index (χ0n) is 10.4. The smallest absolute Gasteiger partial charge is 0.254 e. The Morgan fingerprint density at radius 2 is 1.95 bits per heavy atom. The first-order valence-corrected chi connectivity index (χ1v) is 6.31. The third kappa shape index (κ3) is 3.45. The molecule has 100 valence electrons. The summed E-state index contributed by atoms with van der Waals surface area (Å²) in [5.74, 6) is 1.08. The van der Waals surface area contributed by atoms with Crippen molar-refractivity contribution >= 4 is 29.1 Å². The van der Waals surface area contributed by atoms with Crippen LogP contribution in [0.15, 0.2) is 18.2 Å². The summed E-state index contributed by atoms with van der Waals surface area (Å²) in [4.78, 5) is 17.9. The molecule has 1 heterocycles. The Morgan fingerprint density at radius 1 is 1.32 bits per heavy atom. The van der Waals surface area contributed by atoms with Gasteiger partial charge >= 0.3 is 0 Å². The Hall–Kier alpha value is -1.59. The molecule has 0 bridgehead atoms. The van der Waals surface area contributed by atoms with Crippen LogP contribution in [0, 0.1) is 6.92 Å². The second-order valence-corrected chi connectivity index (χ2v) is 5.03. The lowest BCUT2D eigenvalue weighted by molar-refractivity contribution is 0.0781. The summed E-state index contributed by atoms with van der Waals surface area (Å²) in [6.45, 7) is 2.11. The van der Waals surface area contributed by atoms with Crippen molar-refractivity contribution in [1.29, 1.82) is 0 Å². The van der Waals surface area contributed by atoms with Crippen molar-refractivity contribution in [3.63, 3.8) is 0 Å². The van der Waals surface area contributed by atoms with Gasteiger partial charge in [0.15, 0.2) is 5.82 Å². The summed E-state index contributed by atoms with van der Waals surface area (Å²) < 4.78 is 0. The van der Waals surface area contributed by atoms with Gasteiger partial charge in [0.25, 0.3) is 5.91 Å². The van der Waals surface area contributed by atoms with Gasteiger partial charge in [-0.05, 0) is 25.1 Å². The van der Waals surface area contributed by atoms with E-state index < -0.39 is 0 Å². The molecule has 1 aromatic heterocycles. The number of nitrogens with one attached hydrogen (secondary N) is 1. The number of hydrogen-bond donors (Lipinski definition) is 1. The zero-order chi connectivity index (χ0) is 14.0. The summed E-state index contributed by atoms with van der Waals surface area (Å²) in [6.07, 6.45) is 0. The van der Waals surface area contributed by atoms with Gasteiger partial charge in [0.2, 0.25) is 0 Å². The molecule has 1 aromatic carbocycles. The normalized spacial score (nSPS) is 10.5. The van der Waals surface area contributed by atoms with E-state index in [-0.39, 0.29) is 5.91 Å². The van der Waals surface area contributed by atoms with Gasteiger partial charge < -0.3 is 4.90 Å². The number of halogens is 2. The first-order valence-electron chi connectivity index (χ1n) is 5.55. The summed E-state index contributed by atoms with van der Waals surface area (Å²) in [5, 5.41) is 7.57. The number of hydrogen-bond acceptors (Lipinski definition) is 3. The average Bonchev–Trinajstić information content (AvgIpc) is 2.72. The molecule has 0 unspecified atom stereocenters. The number of aromatic amines is 1. The van der Waals surface area contributed by atoms with Crippen LogP contribution >= 0.6 is 23.2 Å². The fourth-order valence-corrected chi connectivity index (χ4v) is 2.17. The van der Waals surface area contributed by atoms with Crippen LogP contribution in [0.25, 0.3) is 0 Å². The second-order valence-electron chi connectivity index (χ2n) is 4.16. The van der Waals surface area contributed by atoms with Crippen molar-refractivity contribution < 1.29 is 4.79 Å². The topological polar surface area (TPSA) is 61.9 Å². The molecule has 7 heteroatoms. The van der Waals surface area contributed by atoms with E-state index >= 15 is 0 Å². The number of carbonyl (C=O) groups is 1. The molecule has 0 spiro atoms. The molecule has 1 N–H and O–H groups in total. The number of nitrogens with zero attached hydrogens (tertiary/aromatic N) is 3. The van der Waals surface area contributed by atoms with Crippen LogP contribution in [0.4, 0.5) is 0 Å². The van der Waals surface area contributed by atoms with Crippen LogP contribution in [0.1, 0.15) is 22.0 Å². The summed E-state index contributed by atoms with van der Waals surface area (Å²) in [6, 6.07) is 4.74. The Balaban J connectivity index is 2.14. The summed E-state index contributed by atoms with van der Waals surface area (Å²) in [7, 11) is 1.67. The van der Waals surface area contributed by atoms with Gasteiger partial charge in [-0.2, -0.15) is 5.10 Å². The van der Waals surface area contributed by atoms with E-state index in [0.29, 0.717) is 33.8 Å². The van der Waals surface area contributed by atoms with Crippen molar-refractivity contribution in [2.45, 2.75) is 13.5 Å². The van der Waals surface area contributed by atoms with Crippen LogP contribution in [-0.2, 0) is 6.54 Å². The Kier molecular flexibility index (Phi) is 4.07. The Morgan fingerprint density at radius 3 is 2.47 bits per heavy atom. The third-order valence-corrected chi connectivity index (χ3v) is 2.91. The fourth-order valence-electron chi connectivity index (χ4n) is 1.64. The van der Waals surface area contributed by atoms with E-state index in [0.717, 1.165) is 0 Å². The molecule has 5 nitrogen and oxygen atoms in total. The molecular formula is C12H12Cl2N4O. The van der Waals surface area contributed by atoms with E-state index in [9.17, 15) is 4.79 Å². The monoisotopic (exact) mass is 298 g/mol. The van der Waals surface area contributed by atoms with Gasteiger partial charge in [-0.15, -0.1) is 0 Å². The lowest BCUT2D eigenvalue weighted by Gasteiger charge is -2.15. The number of H-pyrrole nitrogens is 1. The quantitative estimate of drug-likeness (QED) is 0.948. The standard InChI is InChI=1S/C12H12Cl2N4O/c1-7-15-11(17-16-7)6-18(2)12(19)8-3-9(13)5-10(14)4-8/h3-5H,6H2,1-2H3,(H,15,16,17). The van der Waals surface area contributed by atoms with Crippen molar-refractivity contribution in [3.05, 3.63) is 45.5 Å². The van der Waals surface area contributed by atoms with E-state index in [1.807, 2.05) is 0 Å². The highest BCUT2D eigenvalue weighted by molar-refractivity contribution is 6.35. The molecule has 0 aliphatic rings. The van der Waals surface area contributed by atoms with E-state index in [2.05, 4.69) is 15.2 Å². The van der Waals surface area contributed by atoms with Gasteiger partial charge in [-0.1, -0.05) is 23.2 Å². The number of aryl methyl sites for hydroxylation is 1. The molecule has 2 aromatic rings. The van der Waals surface area contributed by atoms with Crippen molar-refractivity contribution in [1.82, 2.24) is 20.1 Å². The molecule has 0 saturated carbocycles. The maximum atomic E-state index is 12.2. The number of benzene rings is 1. The van der Waals surface area contributed by atoms with Gasteiger partial charge in [0.1, 0.15) is 5.82 Å². The van der Waals surface area contributed by atoms with Gasteiger partial charge in [-0.25, -0.2) is 4.98 Å². The molecule has 0 radical (unpaired) electrons. The predicted octanol–water partition coefficient (Wildman–Crippen LogP) is 2.69. The van der Waals surface area contributed by atoms with Crippen LogP contribution in [0.2, 0.25) is 10.0 Å². The summed E-state index contributed by atoms with van der Waals surface area (Å²) in [5.41, 5.74) is 0.437. The van der Waals surface area contributed by atoms with Crippen LogP contribution < -0.4 is 0 Å². The lowest BCUT2D eigenvalue weighted by atomic mass is 10.2. The molecule has 0 aliphatic carbocycles. The van der Waals surface area contributed by atoms with Crippen molar-refractivity contribution in [3.8, 4) is 0 Å². The number of amides is 1. The minimum atomic E-state index is -0.188. The van der Waals surface area contributed by atoms with E-state index in [1.165, 1.54) is 4.90 Å². The minimum Gasteiger partial charge on any atom is -0.334 e. The number of aromatic nitrogens is 3. The van der Waals surface area contributed by atoms with Crippen LogP contribution in [0.5, 0.6) is 0 Å². The highest BCUT2D eigenvalue weighted by Crippen LogP contribution is 2.20. The fraction of sp³-hybridized carbons (Fsp3) is 0.250. The molecule has 0 saturated heterocycles. The average molecular weight is 299 g/mol. The van der Waals surface area contributed by atoms with Gasteiger partial charge in [-0.3, -0.25) is 9.89 Å². The molecule has 0 fully saturated rings. The molecule has 0 aliphatic heterocycles. The SMILES string of the molecule is Cc1nc(CN(C)C(=O)c2cc(Cl)cc(Cl)c2)n[nH]1. The molecule has 2 rings (SSSR count). The van der Waals surface area contributed by atoms with E-state index in [4.69, 9.17) is 23.2 Å². The van der Waals surface area contributed by atoms with Crippen molar-refractivity contribution in [2.75, 3.05) is 7.05 Å². The largest absolute Gasteiger partial charge is 0.334 e. The maximum absolute atomic E-state index is 12.2. The lowest BCUT2D eigenvalue weighted by Crippen LogP contribution is -2.26. The van der Waals surface area contributed by atoms with Gasteiger partial charge in [0.05, 0.1) is 6.54 Å². The first-order chi connectivity index (χ1) is 8.95. The molecule has 19 heavy (non-hydrogen) atoms. The molecule has 1 amide bonds. The maximum Gasteiger partial charge on any atom is 0.254 e. The van der Waals surface area contributed by atoms with Crippen LogP contribution in [0.3, 0.4) is 0 Å². The molecule has 0 atom stereocenters.